The van der Waals surface area contributed by atoms with Crippen LogP contribution in [0.4, 0.5) is 0 Å². The summed E-state index contributed by atoms with van der Waals surface area (Å²) in [5, 5.41) is 9.27. The van der Waals surface area contributed by atoms with E-state index in [1.165, 1.54) is 25.7 Å². The highest BCUT2D eigenvalue weighted by Gasteiger charge is 2.22. The van der Waals surface area contributed by atoms with Crippen LogP contribution in [0.25, 0.3) is 0 Å². The van der Waals surface area contributed by atoms with E-state index in [2.05, 4.69) is 16.5 Å². The molecule has 118 valence electrons. The number of carboxylic acid groups (broad SMARTS) is 1. The van der Waals surface area contributed by atoms with Crippen LogP contribution in [0.15, 0.2) is 12.5 Å². The summed E-state index contributed by atoms with van der Waals surface area (Å²) in [6.45, 7) is 2.85. The minimum absolute atomic E-state index is 0.372. The molecule has 0 aromatic carbocycles. The summed E-state index contributed by atoms with van der Waals surface area (Å²) in [5.74, 6) is -0.287. The Bertz CT molecular complexity index is 450. The largest absolute Gasteiger partial charge is 0.481 e. The van der Waals surface area contributed by atoms with Gasteiger partial charge in [-0.25, -0.2) is 4.98 Å². The molecular weight excluding hydrogens is 266 g/mol. The molecule has 1 aromatic heterocycles. The number of carbonyl (C=O) groups is 1. The summed E-state index contributed by atoms with van der Waals surface area (Å²) in [5.41, 5.74) is 6.36. The smallest absolute Gasteiger partial charge is 0.306 e. The molecule has 1 aliphatic carbocycles. The fourth-order valence-corrected chi connectivity index (χ4v) is 3.15. The van der Waals surface area contributed by atoms with Crippen molar-refractivity contribution < 1.29 is 9.90 Å². The monoisotopic (exact) mass is 293 g/mol. The maximum Gasteiger partial charge on any atom is 0.306 e. The second-order valence-electron chi connectivity index (χ2n) is 6.40. The third-order valence-corrected chi connectivity index (χ3v) is 4.62. The molecule has 0 radical (unpaired) electrons. The van der Waals surface area contributed by atoms with Crippen LogP contribution in [-0.2, 0) is 11.2 Å². The predicted molar refractivity (Wildman–Crippen MR) is 82.0 cm³/mol. The summed E-state index contributed by atoms with van der Waals surface area (Å²) < 4.78 is 2.18. The van der Waals surface area contributed by atoms with Crippen molar-refractivity contribution in [2.45, 2.75) is 57.9 Å². The normalized spacial score (nSPS) is 23.9. The zero-order valence-corrected chi connectivity index (χ0v) is 12.9. The number of hydrogen-bond acceptors (Lipinski definition) is 3. The standard InChI is InChI=1S/C16H27N3O2/c1-12-4-6-15(7-5-12)19-10-14(18-11-19)9-13(16(20)21)3-2-8-17/h10-13,15H,2-9,17H2,1H3,(H,20,21)/t12-,13?,15+. The van der Waals surface area contributed by atoms with Crippen molar-refractivity contribution in [3.8, 4) is 0 Å². The molecule has 1 heterocycles. The second-order valence-corrected chi connectivity index (χ2v) is 6.40. The summed E-state index contributed by atoms with van der Waals surface area (Å²) >= 11 is 0. The summed E-state index contributed by atoms with van der Waals surface area (Å²) in [6, 6.07) is 0.537. The molecule has 0 amide bonds. The van der Waals surface area contributed by atoms with Gasteiger partial charge in [-0.1, -0.05) is 6.92 Å². The molecule has 1 saturated carbocycles. The van der Waals surface area contributed by atoms with Crippen molar-refractivity contribution >= 4 is 5.97 Å². The van der Waals surface area contributed by atoms with Gasteiger partial charge in [0.1, 0.15) is 0 Å². The van der Waals surface area contributed by atoms with Crippen LogP contribution in [0, 0.1) is 11.8 Å². The number of aliphatic carboxylic acids is 1. The first-order valence-corrected chi connectivity index (χ1v) is 8.05. The Morgan fingerprint density at radius 2 is 2.19 bits per heavy atom. The van der Waals surface area contributed by atoms with Crippen LogP contribution >= 0.6 is 0 Å². The van der Waals surface area contributed by atoms with E-state index in [4.69, 9.17) is 5.73 Å². The average Bonchev–Trinajstić information content (AvgIpc) is 2.92. The van der Waals surface area contributed by atoms with Crippen LogP contribution in [0.3, 0.4) is 0 Å². The number of carboxylic acids is 1. The molecule has 21 heavy (non-hydrogen) atoms. The van der Waals surface area contributed by atoms with Crippen molar-refractivity contribution in [1.82, 2.24) is 9.55 Å². The number of imidazole rings is 1. The SMILES string of the molecule is C[C@H]1CC[C@@H](n2cnc(CC(CCCN)C(=O)O)c2)CC1. The molecule has 1 aliphatic rings. The van der Waals surface area contributed by atoms with Gasteiger partial charge in [-0.2, -0.15) is 0 Å². The van der Waals surface area contributed by atoms with E-state index < -0.39 is 5.97 Å². The molecule has 0 bridgehead atoms. The van der Waals surface area contributed by atoms with Gasteiger partial charge in [0.05, 0.1) is 17.9 Å². The first-order chi connectivity index (χ1) is 10.1. The quantitative estimate of drug-likeness (QED) is 0.809. The highest BCUT2D eigenvalue weighted by Crippen LogP contribution is 2.31. The molecule has 1 unspecified atom stereocenters. The maximum absolute atomic E-state index is 11.3. The fraction of sp³-hybridized carbons (Fsp3) is 0.750. The molecule has 0 saturated heterocycles. The van der Waals surface area contributed by atoms with Gasteiger partial charge in [-0.05, 0) is 51.0 Å². The lowest BCUT2D eigenvalue weighted by atomic mass is 9.87. The van der Waals surface area contributed by atoms with E-state index in [0.29, 0.717) is 25.4 Å². The van der Waals surface area contributed by atoms with Crippen LogP contribution in [0.1, 0.15) is 57.2 Å². The Morgan fingerprint density at radius 3 is 2.81 bits per heavy atom. The third-order valence-electron chi connectivity index (χ3n) is 4.62. The summed E-state index contributed by atoms with van der Waals surface area (Å²) in [6.07, 6.45) is 10.7. The Balaban J connectivity index is 1.93. The van der Waals surface area contributed by atoms with Crippen LogP contribution < -0.4 is 5.73 Å². The van der Waals surface area contributed by atoms with Gasteiger partial charge in [0.25, 0.3) is 0 Å². The lowest BCUT2D eigenvalue weighted by molar-refractivity contribution is -0.142. The van der Waals surface area contributed by atoms with Crippen LogP contribution in [0.2, 0.25) is 0 Å². The van der Waals surface area contributed by atoms with Crippen LogP contribution in [-0.4, -0.2) is 27.2 Å². The molecule has 5 heteroatoms. The molecule has 5 nitrogen and oxygen atoms in total. The van der Waals surface area contributed by atoms with Crippen LogP contribution in [0.5, 0.6) is 0 Å². The Labute approximate surface area is 126 Å². The van der Waals surface area contributed by atoms with E-state index >= 15 is 0 Å². The summed E-state index contributed by atoms with van der Waals surface area (Å²) in [7, 11) is 0. The van der Waals surface area contributed by atoms with E-state index in [1.54, 1.807) is 0 Å². The van der Waals surface area contributed by atoms with E-state index in [-0.39, 0.29) is 5.92 Å². The van der Waals surface area contributed by atoms with Crippen molar-refractivity contribution in [3.63, 3.8) is 0 Å². The van der Waals surface area contributed by atoms with Crippen molar-refractivity contribution in [2.24, 2.45) is 17.6 Å². The van der Waals surface area contributed by atoms with E-state index in [1.807, 2.05) is 12.5 Å². The Kier molecular flexibility index (Phi) is 5.79. The molecule has 1 aromatic rings. The van der Waals surface area contributed by atoms with Gasteiger partial charge in [0.2, 0.25) is 0 Å². The molecule has 2 rings (SSSR count). The Hall–Kier alpha value is -1.36. The van der Waals surface area contributed by atoms with Crippen molar-refractivity contribution in [3.05, 3.63) is 18.2 Å². The fourth-order valence-electron chi connectivity index (χ4n) is 3.15. The predicted octanol–water partition coefficient (Wildman–Crippen LogP) is 2.62. The van der Waals surface area contributed by atoms with E-state index in [9.17, 15) is 9.90 Å². The van der Waals surface area contributed by atoms with Crippen molar-refractivity contribution in [2.75, 3.05) is 6.54 Å². The minimum Gasteiger partial charge on any atom is -0.481 e. The van der Waals surface area contributed by atoms with Gasteiger partial charge in [0.15, 0.2) is 0 Å². The molecule has 0 spiro atoms. The number of nitrogens with two attached hydrogens (primary N) is 1. The highest BCUT2D eigenvalue weighted by atomic mass is 16.4. The highest BCUT2D eigenvalue weighted by molar-refractivity contribution is 5.70. The second kappa shape index (κ2) is 7.59. The molecule has 1 atom stereocenters. The van der Waals surface area contributed by atoms with Gasteiger partial charge in [-0.3, -0.25) is 4.79 Å². The molecule has 0 aliphatic heterocycles. The van der Waals surface area contributed by atoms with E-state index in [0.717, 1.165) is 18.0 Å². The zero-order valence-electron chi connectivity index (χ0n) is 12.9. The molecule has 3 N–H and O–H groups in total. The average molecular weight is 293 g/mol. The first-order valence-electron chi connectivity index (χ1n) is 8.05. The zero-order chi connectivity index (χ0) is 15.2. The maximum atomic E-state index is 11.3. The third kappa shape index (κ3) is 4.56. The van der Waals surface area contributed by atoms with Gasteiger partial charge >= 0.3 is 5.97 Å². The number of hydrogen-bond donors (Lipinski definition) is 2. The first kappa shape index (κ1) is 16.0. The number of aromatic nitrogens is 2. The lowest BCUT2D eigenvalue weighted by Crippen LogP contribution is -2.18. The lowest BCUT2D eigenvalue weighted by Gasteiger charge is -2.26. The number of rotatable bonds is 7. The molecular formula is C16H27N3O2. The summed E-state index contributed by atoms with van der Waals surface area (Å²) in [4.78, 5) is 15.7. The van der Waals surface area contributed by atoms with Gasteiger partial charge in [0, 0.05) is 18.7 Å². The van der Waals surface area contributed by atoms with Crippen molar-refractivity contribution in [1.29, 1.82) is 0 Å². The number of nitrogens with zero attached hydrogens (tertiary/aromatic N) is 2. The Morgan fingerprint density at radius 1 is 1.48 bits per heavy atom. The van der Waals surface area contributed by atoms with Gasteiger partial charge in [-0.15, -0.1) is 0 Å². The topological polar surface area (TPSA) is 81.1 Å². The van der Waals surface area contributed by atoms with Gasteiger partial charge < -0.3 is 15.4 Å². The molecule has 1 fully saturated rings. The minimum atomic E-state index is -0.746.